The predicted molar refractivity (Wildman–Crippen MR) is 71.1 cm³/mol. The summed E-state index contributed by atoms with van der Waals surface area (Å²) in [7, 11) is 1.33. The molecule has 1 rings (SSSR count). The van der Waals surface area contributed by atoms with Crippen molar-refractivity contribution in [2.45, 2.75) is 19.8 Å². The van der Waals surface area contributed by atoms with Gasteiger partial charge in [-0.1, -0.05) is 0 Å². The number of esters is 1. The number of rotatable bonds is 5. The molecule has 0 aliphatic heterocycles. The summed E-state index contributed by atoms with van der Waals surface area (Å²) in [4.78, 5) is 22.9. The van der Waals surface area contributed by atoms with E-state index in [1.54, 1.807) is 18.2 Å². The third kappa shape index (κ3) is 4.04. The van der Waals surface area contributed by atoms with Crippen molar-refractivity contribution in [1.29, 1.82) is 0 Å². The molecule has 1 amide bonds. The van der Waals surface area contributed by atoms with Gasteiger partial charge in [-0.15, -0.1) is 11.6 Å². The van der Waals surface area contributed by atoms with Gasteiger partial charge in [0.15, 0.2) is 0 Å². The summed E-state index contributed by atoms with van der Waals surface area (Å²) in [6.45, 7) is 1.82. The molecule has 0 aromatic heterocycles. The minimum atomic E-state index is -0.391. The zero-order valence-electron chi connectivity index (χ0n) is 10.5. The fourth-order valence-corrected chi connectivity index (χ4v) is 1.62. The molecule has 1 N–H and O–H groups in total. The molecular formula is C13H16ClNO3. The van der Waals surface area contributed by atoms with E-state index in [2.05, 4.69) is 10.1 Å². The first-order valence-corrected chi connectivity index (χ1v) is 6.16. The highest BCUT2D eigenvalue weighted by Crippen LogP contribution is 2.17. The fraction of sp³-hybridized carbons (Fsp3) is 0.385. The maximum absolute atomic E-state index is 11.5. The molecule has 0 unspecified atom stereocenters. The molecule has 1 aromatic rings. The van der Waals surface area contributed by atoms with E-state index in [1.165, 1.54) is 7.11 Å². The number of halogens is 1. The SMILES string of the molecule is COC(=O)c1ccc(NC(=O)CCCCl)c(C)c1. The Morgan fingerprint density at radius 2 is 2.11 bits per heavy atom. The Morgan fingerprint density at radius 3 is 2.67 bits per heavy atom. The normalized spacial score (nSPS) is 9.94. The van der Waals surface area contributed by atoms with E-state index < -0.39 is 5.97 Å². The van der Waals surface area contributed by atoms with Gasteiger partial charge in [-0.05, 0) is 37.1 Å². The van der Waals surface area contributed by atoms with E-state index in [0.717, 1.165) is 5.56 Å². The van der Waals surface area contributed by atoms with E-state index in [4.69, 9.17) is 11.6 Å². The highest BCUT2D eigenvalue weighted by Gasteiger charge is 2.09. The highest BCUT2D eigenvalue weighted by atomic mass is 35.5. The number of alkyl halides is 1. The van der Waals surface area contributed by atoms with E-state index in [0.29, 0.717) is 30.0 Å². The molecule has 0 aliphatic carbocycles. The predicted octanol–water partition coefficient (Wildman–Crippen LogP) is 2.74. The van der Waals surface area contributed by atoms with Crippen molar-refractivity contribution in [3.05, 3.63) is 29.3 Å². The van der Waals surface area contributed by atoms with Crippen molar-refractivity contribution < 1.29 is 14.3 Å². The van der Waals surface area contributed by atoms with Gasteiger partial charge in [-0.3, -0.25) is 4.79 Å². The number of hydrogen-bond donors (Lipinski definition) is 1. The molecule has 0 bridgehead atoms. The summed E-state index contributed by atoms with van der Waals surface area (Å²) in [6, 6.07) is 5.00. The van der Waals surface area contributed by atoms with Gasteiger partial charge in [0.25, 0.3) is 0 Å². The monoisotopic (exact) mass is 269 g/mol. The molecule has 0 atom stereocenters. The van der Waals surface area contributed by atoms with Crippen LogP contribution in [-0.4, -0.2) is 24.9 Å². The van der Waals surface area contributed by atoms with Crippen molar-refractivity contribution in [3.8, 4) is 0 Å². The Balaban J connectivity index is 2.74. The van der Waals surface area contributed by atoms with E-state index in [-0.39, 0.29) is 5.91 Å². The van der Waals surface area contributed by atoms with Gasteiger partial charge in [0.2, 0.25) is 5.91 Å². The Bertz CT molecular complexity index is 446. The van der Waals surface area contributed by atoms with Crippen LogP contribution < -0.4 is 5.32 Å². The van der Waals surface area contributed by atoms with Crippen LogP contribution in [0.3, 0.4) is 0 Å². The number of nitrogens with one attached hydrogen (secondary N) is 1. The van der Waals surface area contributed by atoms with Gasteiger partial charge in [0.05, 0.1) is 12.7 Å². The topological polar surface area (TPSA) is 55.4 Å². The first-order valence-electron chi connectivity index (χ1n) is 5.63. The second-order valence-electron chi connectivity index (χ2n) is 3.86. The number of aryl methyl sites for hydroxylation is 1. The number of anilines is 1. The zero-order chi connectivity index (χ0) is 13.5. The van der Waals surface area contributed by atoms with Crippen LogP contribution in [0.5, 0.6) is 0 Å². The van der Waals surface area contributed by atoms with Gasteiger partial charge >= 0.3 is 5.97 Å². The second kappa shape index (κ2) is 7.01. The molecule has 0 saturated heterocycles. The van der Waals surface area contributed by atoms with Crippen molar-refractivity contribution in [3.63, 3.8) is 0 Å². The molecule has 5 heteroatoms. The zero-order valence-corrected chi connectivity index (χ0v) is 11.2. The van der Waals surface area contributed by atoms with Gasteiger partial charge in [0.1, 0.15) is 0 Å². The smallest absolute Gasteiger partial charge is 0.337 e. The lowest BCUT2D eigenvalue weighted by Gasteiger charge is -2.09. The largest absolute Gasteiger partial charge is 0.465 e. The molecule has 0 fully saturated rings. The molecule has 0 radical (unpaired) electrons. The van der Waals surface area contributed by atoms with Crippen molar-refractivity contribution >= 4 is 29.2 Å². The third-order valence-electron chi connectivity index (χ3n) is 2.46. The summed E-state index contributed by atoms with van der Waals surface area (Å²) in [5, 5.41) is 2.78. The number of amides is 1. The summed E-state index contributed by atoms with van der Waals surface area (Å²) < 4.78 is 4.62. The van der Waals surface area contributed by atoms with Crippen LogP contribution in [0.25, 0.3) is 0 Å². The number of benzene rings is 1. The van der Waals surface area contributed by atoms with Crippen LogP contribution in [0, 0.1) is 6.92 Å². The summed E-state index contributed by atoms with van der Waals surface area (Å²) in [6.07, 6.45) is 1.04. The van der Waals surface area contributed by atoms with Crippen LogP contribution in [0.2, 0.25) is 0 Å². The van der Waals surface area contributed by atoms with Gasteiger partial charge in [0, 0.05) is 18.0 Å². The van der Waals surface area contributed by atoms with Gasteiger partial charge < -0.3 is 10.1 Å². The average molecular weight is 270 g/mol. The minimum absolute atomic E-state index is 0.0791. The quantitative estimate of drug-likeness (QED) is 0.660. The minimum Gasteiger partial charge on any atom is -0.465 e. The number of carbonyl (C=O) groups excluding carboxylic acids is 2. The van der Waals surface area contributed by atoms with Crippen molar-refractivity contribution in [2.24, 2.45) is 0 Å². The van der Waals surface area contributed by atoms with E-state index in [9.17, 15) is 9.59 Å². The standard InChI is InChI=1S/C13H16ClNO3/c1-9-8-10(13(17)18-2)5-6-11(9)15-12(16)4-3-7-14/h5-6,8H,3-4,7H2,1-2H3,(H,15,16). The summed E-state index contributed by atoms with van der Waals surface area (Å²) in [5.41, 5.74) is 1.98. The maximum atomic E-state index is 11.5. The van der Waals surface area contributed by atoms with E-state index in [1.807, 2.05) is 6.92 Å². The number of hydrogen-bond acceptors (Lipinski definition) is 3. The van der Waals surface area contributed by atoms with E-state index >= 15 is 0 Å². The molecular weight excluding hydrogens is 254 g/mol. The second-order valence-corrected chi connectivity index (χ2v) is 4.24. The van der Waals surface area contributed by atoms with Crippen molar-refractivity contribution in [2.75, 3.05) is 18.3 Å². The lowest BCUT2D eigenvalue weighted by Crippen LogP contribution is -2.12. The summed E-state index contributed by atoms with van der Waals surface area (Å²) in [5.74, 6) is -0.00378. The highest BCUT2D eigenvalue weighted by molar-refractivity contribution is 6.18. The molecule has 0 saturated carbocycles. The Kier molecular flexibility index (Phi) is 5.65. The fourth-order valence-electron chi connectivity index (χ4n) is 1.49. The Labute approximate surface area is 111 Å². The number of ether oxygens (including phenoxy) is 1. The number of methoxy groups -OCH3 is 1. The number of carbonyl (C=O) groups is 2. The molecule has 4 nitrogen and oxygen atoms in total. The third-order valence-corrected chi connectivity index (χ3v) is 2.73. The van der Waals surface area contributed by atoms with Crippen LogP contribution in [-0.2, 0) is 9.53 Å². The molecule has 0 heterocycles. The van der Waals surface area contributed by atoms with Crippen LogP contribution in [0.1, 0.15) is 28.8 Å². The Hall–Kier alpha value is -1.55. The Morgan fingerprint density at radius 1 is 1.39 bits per heavy atom. The summed E-state index contributed by atoms with van der Waals surface area (Å²) >= 11 is 5.52. The molecule has 0 aliphatic rings. The average Bonchev–Trinajstić information content (AvgIpc) is 2.37. The molecule has 1 aromatic carbocycles. The van der Waals surface area contributed by atoms with Crippen LogP contribution in [0.4, 0.5) is 5.69 Å². The van der Waals surface area contributed by atoms with Crippen molar-refractivity contribution in [1.82, 2.24) is 0 Å². The van der Waals surface area contributed by atoms with Gasteiger partial charge in [-0.25, -0.2) is 4.79 Å². The van der Waals surface area contributed by atoms with Crippen LogP contribution >= 0.6 is 11.6 Å². The lowest BCUT2D eigenvalue weighted by molar-refractivity contribution is -0.116. The molecule has 18 heavy (non-hydrogen) atoms. The first-order chi connectivity index (χ1) is 8.58. The molecule has 98 valence electrons. The lowest BCUT2D eigenvalue weighted by atomic mass is 10.1. The van der Waals surface area contributed by atoms with Gasteiger partial charge in [-0.2, -0.15) is 0 Å². The first kappa shape index (κ1) is 14.5. The van der Waals surface area contributed by atoms with Crippen LogP contribution in [0.15, 0.2) is 18.2 Å². The molecule has 0 spiro atoms. The maximum Gasteiger partial charge on any atom is 0.337 e.